The van der Waals surface area contributed by atoms with Gasteiger partial charge in [-0.25, -0.2) is 0 Å². The molecule has 1 heterocycles. The van der Waals surface area contributed by atoms with Crippen LogP contribution in [0, 0.1) is 5.92 Å². The van der Waals surface area contributed by atoms with Gasteiger partial charge >= 0.3 is 0 Å². The first-order valence-electron chi connectivity index (χ1n) is 9.89. The molecule has 0 saturated carbocycles. The maximum Gasteiger partial charge on any atom is 0.253 e. The molecule has 0 spiro atoms. The molecule has 0 bridgehead atoms. The van der Waals surface area contributed by atoms with Gasteiger partial charge in [-0.05, 0) is 42.0 Å². The van der Waals surface area contributed by atoms with E-state index < -0.39 is 0 Å². The van der Waals surface area contributed by atoms with Crippen molar-refractivity contribution in [3.05, 3.63) is 75.3 Å². The lowest BCUT2D eigenvalue weighted by Crippen LogP contribution is -2.32. The molecular weight excluding hydrogens is 407 g/mol. The van der Waals surface area contributed by atoms with Crippen molar-refractivity contribution in [3.8, 4) is 0 Å². The van der Waals surface area contributed by atoms with Crippen molar-refractivity contribution >= 4 is 34.8 Å². The van der Waals surface area contributed by atoms with Crippen LogP contribution in [0.5, 0.6) is 0 Å². The molecule has 1 aliphatic carbocycles. The fraction of sp³-hybridized carbons (Fsp3) is 0.348. The van der Waals surface area contributed by atoms with Crippen molar-refractivity contribution in [1.82, 2.24) is 5.32 Å². The largest absolute Gasteiger partial charge is 0.385 e. The average Bonchev–Trinajstić information content (AvgIpc) is 3.22. The molecule has 152 valence electrons. The van der Waals surface area contributed by atoms with Crippen LogP contribution in [-0.4, -0.2) is 26.2 Å². The Hall–Kier alpha value is -2.01. The first-order valence-corrected chi connectivity index (χ1v) is 10.6. The first-order chi connectivity index (χ1) is 14.1. The molecule has 0 aromatic heterocycles. The molecule has 29 heavy (non-hydrogen) atoms. The number of amides is 1. The Kier molecular flexibility index (Phi) is 6.14. The normalized spacial score (nSPS) is 22.0. The van der Waals surface area contributed by atoms with Gasteiger partial charge in [-0.3, -0.25) is 4.79 Å². The van der Waals surface area contributed by atoms with Gasteiger partial charge in [0.2, 0.25) is 0 Å². The lowest BCUT2D eigenvalue weighted by atomic mass is 9.76. The minimum atomic E-state index is -0.0816. The molecule has 0 saturated heterocycles. The minimum absolute atomic E-state index is 0.0175. The van der Waals surface area contributed by atoms with Crippen LogP contribution in [0.4, 0.5) is 5.69 Å². The van der Waals surface area contributed by atoms with Gasteiger partial charge in [-0.2, -0.15) is 0 Å². The molecule has 3 atom stereocenters. The number of para-hydroxylation sites is 1. The monoisotopic (exact) mass is 430 g/mol. The van der Waals surface area contributed by atoms with E-state index in [2.05, 4.69) is 28.9 Å². The highest BCUT2D eigenvalue weighted by atomic mass is 35.5. The number of carbonyl (C=O) groups excluding carboxylic acids is 1. The number of fused-ring (bicyclic) bond motifs is 3. The zero-order valence-corrected chi connectivity index (χ0v) is 17.8. The number of nitrogens with one attached hydrogen (secondary N) is 2. The molecular formula is C23H24Cl2N2O2. The maximum atomic E-state index is 12.9. The van der Waals surface area contributed by atoms with Gasteiger partial charge in [0.15, 0.2) is 0 Å². The van der Waals surface area contributed by atoms with Crippen molar-refractivity contribution in [2.45, 2.75) is 24.8 Å². The van der Waals surface area contributed by atoms with Gasteiger partial charge in [0.25, 0.3) is 5.91 Å². The van der Waals surface area contributed by atoms with Crippen LogP contribution in [0.3, 0.4) is 0 Å². The van der Waals surface area contributed by atoms with E-state index >= 15 is 0 Å². The number of ether oxygens (including phenoxy) is 1. The summed E-state index contributed by atoms with van der Waals surface area (Å²) in [6, 6.07) is 11.6. The van der Waals surface area contributed by atoms with E-state index in [4.69, 9.17) is 27.9 Å². The van der Waals surface area contributed by atoms with E-state index in [1.807, 2.05) is 24.3 Å². The van der Waals surface area contributed by atoms with E-state index in [9.17, 15) is 4.79 Å². The van der Waals surface area contributed by atoms with E-state index in [1.165, 1.54) is 0 Å². The van der Waals surface area contributed by atoms with Crippen LogP contribution in [-0.2, 0) is 4.74 Å². The summed E-state index contributed by atoms with van der Waals surface area (Å²) < 4.78 is 5.06. The number of benzene rings is 2. The minimum Gasteiger partial charge on any atom is -0.385 e. The van der Waals surface area contributed by atoms with Crippen molar-refractivity contribution in [3.63, 3.8) is 0 Å². The summed E-state index contributed by atoms with van der Waals surface area (Å²) in [6.07, 6.45) is 6.20. The average molecular weight is 431 g/mol. The topological polar surface area (TPSA) is 50.4 Å². The molecule has 0 radical (unpaired) electrons. The zero-order chi connectivity index (χ0) is 20.4. The van der Waals surface area contributed by atoms with E-state index in [1.54, 1.807) is 13.2 Å². The highest BCUT2D eigenvalue weighted by molar-refractivity contribution is 6.42. The summed E-state index contributed by atoms with van der Waals surface area (Å²) in [5.41, 5.74) is 3.66. The van der Waals surface area contributed by atoms with E-state index in [-0.39, 0.29) is 17.9 Å². The second-order valence-corrected chi connectivity index (χ2v) is 8.28. The third-order valence-electron chi connectivity index (χ3n) is 5.77. The molecule has 3 unspecified atom stereocenters. The Morgan fingerprint density at radius 2 is 2.00 bits per heavy atom. The molecule has 1 aliphatic heterocycles. The van der Waals surface area contributed by atoms with Crippen LogP contribution in [0.1, 0.15) is 46.3 Å². The third kappa shape index (κ3) is 3.89. The summed E-state index contributed by atoms with van der Waals surface area (Å²) in [6.45, 7) is 1.20. The van der Waals surface area contributed by atoms with Gasteiger partial charge in [0.05, 0.1) is 27.3 Å². The summed E-state index contributed by atoms with van der Waals surface area (Å²) in [5.74, 6) is 0.493. The summed E-state index contributed by atoms with van der Waals surface area (Å²) in [7, 11) is 1.66. The molecule has 2 aliphatic rings. The van der Waals surface area contributed by atoms with Gasteiger partial charge < -0.3 is 15.4 Å². The summed E-state index contributed by atoms with van der Waals surface area (Å²) >= 11 is 12.9. The van der Waals surface area contributed by atoms with Crippen LogP contribution in [0.2, 0.25) is 10.0 Å². The van der Waals surface area contributed by atoms with Crippen LogP contribution < -0.4 is 10.6 Å². The number of methoxy groups -OCH3 is 1. The van der Waals surface area contributed by atoms with Crippen molar-refractivity contribution in [2.75, 3.05) is 25.6 Å². The third-order valence-corrected chi connectivity index (χ3v) is 6.60. The zero-order valence-electron chi connectivity index (χ0n) is 16.3. The standard InChI is InChI=1S/C23H24Cl2N2O2/c1-29-13-5-12-26-23(28)18-10-3-8-16-14-6-2-7-15(14)21(27-22(16)18)17-9-4-11-19(24)20(17)25/h2-4,6,8-11,14-15,21,27H,5,7,12-13H2,1H3,(H,26,28). The van der Waals surface area contributed by atoms with Gasteiger partial charge in [0.1, 0.15) is 0 Å². The van der Waals surface area contributed by atoms with Crippen LogP contribution >= 0.6 is 23.2 Å². The van der Waals surface area contributed by atoms with Crippen molar-refractivity contribution in [2.24, 2.45) is 5.92 Å². The highest BCUT2D eigenvalue weighted by Crippen LogP contribution is 2.52. The molecule has 2 aromatic rings. The van der Waals surface area contributed by atoms with Gasteiger partial charge in [0, 0.05) is 26.2 Å². The molecule has 0 fully saturated rings. The number of halogens is 2. The van der Waals surface area contributed by atoms with Gasteiger partial charge in [-0.1, -0.05) is 59.6 Å². The Morgan fingerprint density at radius 1 is 1.21 bits per heavy atom. The number of carbonyl (C=O) groups is 1. The SMILES string of the molecule is COCCCNC(=O)c1cccc2c1NC(c1cccc(Cl)c1Cl)C1CC=CC21. The smallest absolute Gasteiger partial charge is 0.253 e. The van der Waals surface area contributed by atoms with Crippen molar-refractivity contribution in [1.29, 1.82) is 0 Å². The first kappa shape index (κ1) is 20.3. The summed E-state index contributed by atoms with van der Waals surface area (Å²) in [4.78, 5) is 12.9. The van der Waals surface area contributed by atoms with Crippen LogP contribution in [0.15, 0.2) is 48.6 Å². The second-order valence-electron chi connectivity index (χ2n) is 7.49. The molecule has 1 amide bonds. The fourth-order valence-electron chi connectivity index (χ4n) is 4.39. The second kappa shape index (κ2) is 8.78. The molecule has 4 rings (SSSR count). The number of allylic oxidation sites excluding steroid dienone is 2. The van der Waals surface area contributed by atoms with E-state index in [0.717, 1.165) is 29.7 Å². The Morgan fingerprint density at radius 3 is 2.83 bits per heavy atom. The molecule has 4 nitrogen and oxygen atoms in total. The molecule has 2 aromatic carbocycles. The summed E-state index contributed by atoms with van der Waals surface area (Å²) in [5, 5.41) is 7.75. The Balaban J connectivity index is 1.69. The number of hydrogen-bond acceptors (Lipinski definition) is 3. The molecule has 6 heteroatoms. The number of hydrogen-bond donors (Lipinski definition) is 2. The fourth-order valence-corrected chi connectivity index (χ4v) is 4.82. The predicted octanol–water partition coefficient (Wildman–Crippen LogP) is 5.59. The lowest BCUT2D eigenvalue weighted by Gasteiger charge is -2.38. The number of rotatable bonds is 6. The lowest BCUT2D eigenvalue weighted by molar-refractivity contribution is 0.0949. The van der Waals surface area contributed by atoms with Gasteiger partial charge in [-0.15, -0.1) is 0 Å². The maximum absolute atomic E-state index is 12.9. The van der Waals surface area contributed by atoms with E-state index in [0.29, 0.717) is 34.7 Å². The van der Waals surface area contributed by atoms with Crippen molar-refractivity contribution < 1.29 is 9.53 Å². The predicted molar refractivity (Wildman–Crippen MR) is 118 cm³/mol. The Bertz CT molecular complexity index is 944. The Labute approximate surface area is 181 Å². The highest BCUT2D eigenvalue weighted by Gasteiger charge is 2.40. The van der Waals surface area contributed by atoms with Crippen LogP contribution in [0.25, 0.3) is 0 Å². The molecule has 2 N–H and O–H groups in total. The number of anilines is 1. The quantitative estimate of drug-likeness (QED) is 0.463.